The molecule has 0 aliphatic rings. The van der Waals surface area contributed by atoms with E-state index in [1.165, 1.54) is 24.3 Å². The number of alkyl halides is 3. The molecule has 2 aromatic carbocycles. The molecule has 0 saturated heterocycles. The minimum absolute atomic E-state index is 0.0475. The number of nitrogens with one attached hydrogen (secondary N) is 2. The third-order valence-corrected chi connectivity index (χ3v) is 4.36. The molecule has 0 fully saturated rings. The third kappa shape index (κ3) is 7.60. The maximum Gasteiger partial charge on any atom is 0.416 e. The Morgan fingerprint density at radius 3 is 2.21 bits per heavy atom. The molecule has 0 aliphatic carbocycles. The Morgan fingerprint density at radius 1 is 0.862 bits per heavy atom. The fourth-order valence-corrected chi connectivity index (χ4v) is 2.83. The fourth-order valence-electron chi connectivity index (χ4n) is 2.83. The van der Waals surface area contributed by atoms with Crippen LogP contribution in [0, 0.1) is 0 Å². The highest BCUT2D eigenvalue weighted by Crippen LogP contribution is 2.30. The molecule has 2 amide bonds. The summed E-state index contributed by atoms with van der Waals surface area (Å²) in [6.45, 7) is 2.13. The van der Waals surface area contributed by atoms with E-state index in [-0.39, 0.29) is 17.2 Å². The first-order chi connectivity index (χ1) is 13.8. The Kier molecular flexibility index (Phi) is 8.24. The molecule has 0 atom stereocenters. The first-order valence-corrected chi connectivity index (χ1v) is 9.68. The molecule has 2 aromatic rings. The van der Waals surface area contributed by atoms with Crippen molar-refractivity contribution in [2.75, 3.05) is 10.6 Å². The van der Waals surface area contributed by atoms with Gasteiger partial charge in [-0.25, -0.2) is 0 Å². The molecule has 0 heterocycles. The van der Waals surface area contributed by atoms with Crippen molar-refractivity contribution in [3.05, 3.63) is 59.7 Å². The van der Waals surface area contributed by atoms with Crippen LogP contribution in [0.15, 0.2) is 48.5 Å². The van der Waals surface area contributed by atoms with Crippen LogP contribution in [-0.2, 0) is 11.0 Å². The summed E-state index contributed by atoms with van der Waals surface area (Å²) in [7, 11) is 0. The Morgan fingerprint density at radius 2 is 1.52 bits per heavy atom. The second kappa shape index (κ2) is 10.6. The highest BCUT2D eigenvalue weighted by Gasteiger charge is 2.30. The summed E-state index contributed by atoms with van der Waals surface area (Å²) in [5.41, 5.74) is -0.0787. The minimum Gasteiger partial charge on any atom is -0.326 e. The fraction of sp³-hybridized carbons (Fsp3) is 0.364. The van der Waals surface area contributed by atoms with Crippen LogP contribution in [0.2, 0.25) is 0 Å². The van der Waals surface area contributed by atoms with E-state index in [0.717, 1.165) is 44.2 Å². The SMILES string of the molecule is CCCCCCCC(=O)Nc1cccc(C(=O)Nc2cccc(C(F)(F)F)c2)c1. The number of anilines is 2. The van der Waals surface area contributed by atoms with Crippen molar-refractivity contribution in [3.63, 3.8) is 0 Å². The molecule has 0 saturated carbocycles. The van der Waals surface area contributed by atoms with Gasteiger partial charge in [0.05, 0.1) is 5.56 Å². The summed E-state index contributed by atoms with van der Waals surface area (Å²) in [5.74, 6) is -0.683. The topological polar surface area (TPSA) is 58.2 Å². The highest BCUT2D eigenvalue weighted by atomic mass is 19.4. The van der Waals surface area contributed by atoms with Crippen LogP contribution in [0.3, 0.4) is 0 Å². The van der Waals surface area contributed by atoms with Crippen LogP contribution < -0.4 is 10.6 Å². The lowest BCUT2D eigenvalue weighted by Crippen LogP contribution is -2.15. The zero-order valence-electron chi connectivity index (χ0n) is 16.3. The van der Waals surface area contributed by atoms with Crippen molar-refractivity contribution >= 4 is 23.2 Å². The van der Waals surface area contributed by atoms with Crippen LogP contribution in [-0.4, -0.2) is 11.8 Å². The van der Waals surface area contributed by atoms with Gasteiger partial charge in [0.15, 0.2) is 0 Å². The van der Waals surface area contributed by atoms with E-state index < -0.39 is 17.6 Å². The number of carbonyl (C=O) groups excluding carboxylic acids is 2. The van der Waals surface area contributed by atoms with Crippen LogP contribution in [0.4, 0.5) is 24.5 Å². The quantitative estimate of drug-likeness (QED) is 0.483. The second-order valence-corrected chi connectivity index (χ2v) is 6.83. The maximum absolute atomic E-state index is 12.8. The van der Waals surface area contributed by atoms with Crippen molar-refractivity contribution < 1.29 is 22.8 Å². The number of benzene rings is 2. The van der Waals surface area contributed by atoms with Gasteiger partial charge in [-0.2, -0.15) is 13.2 Å². The molecule has 2 N–H and O–H groups in total. The molecule has 7 heteroatoms. The molecular weight excluding hydrogens is 381 g/mol. The van der Waals surface area contributed by atoms with Gasteiger partial charge in [0.1, 0.15) is 0 Å². The molecular formula is C22H25F3N2O2. The number of hydrogen-bond donors (Lipinski definition) is 2. The first kappa shape index (κ1) is 22.5. The number of halogens is 3. The van der Waals surface area contributed by atoms with Gasteiger partial charge in [-0.05, 0) is 42.8 Å². The predicted molar refractivity (Wildman–Crippen MR) is 108 cm³/mol. The molecule has 0 aromatic heterocycles. The number of unbranched alkanes of at least 4 members (excludes halogenated alkanes) is 4. The van der Waals surface area contributed by atoms with Crippen molar-refractivity contribution in [1.82, 2.24) is 0 Å². The summed E-state index contributed by atoms with van der Waals surface area (Å²) in [4.78, 5) is 24.4. The molecule has 0 unspecified atom stereocenters. The summed E-state index contributed by atoms with van der Waals surface area (Å²) < 4.78 is 38.4. The Bertz CT molecular complexity index is 835. The monoisotopic (exact) mass is 406 g/mol. The van der Waals surface area contributed by atoms with Gasteiger partial charge >= 0.3 is 6.18 Å². The molecule has 0 spiro atoms. The molecule has 0 bridgehead atoms. The molecule has 0 radical (unpaired) electrons. The summed E-state index contributed by atoms with van der Waals surface area (Å²) in [6, 6.07) is 10.7. The standard InChI is InChI=1S/C22H25F3N2O2/c1-2-3-4-5-6-13-20(28)26-18-11-7-9-16(14-18)21(29)27-19-12-8-10-17(15-19)22(23,24)25/h7-12,14-15H,2-6,13H2,1H3,(H,26,28)(H,27,29). The Hall–Kier alpha value is -2.83. The average Bonchev–Trinajstić information content (AvgIpc) is 2.67. The van der Waals surface area contributed by atoms with Crippen molar-refractivity contribution in [2.24, 2.45) is 0 Å². The van der Waals surface area contributed by atoms with Gasteiger partial charge in [-0.1, -0.05) is 44.7 Å². The third-order valence-electron chi connectivity index (χ3n) is 4.36. The Balaban J connectivity index is 1.95. The second-order valence-electron chi connectivity index (χ2n) is 6.83. The minimum atomic E-state index is -4.48. The number of hydrogen-bond acceptors (Lipinski definition) is 2. The van der Waals surface area contributed by atoms with E-state index in [9.17, 15) is 22.8 Å². The van der Waals surface area contributed by atoms with E-state index in [0.29, 0.717) is 12.1 Å². The normalized spacial score (nSPS) is 11.2. The first-order valence-electron chi connectivity index (χ1n) is 9.68. The zero-order valence-corrected chi connectivity index (χ0v) is 16.3. The van der Waals surface area contributed by atoms with Gasteiger partial charge in [-0.15, -0.1) is 0 Å². The molecule has 2 rings (SSSR count). The van der Waals surface area contributed by atoms with E-state index >= 15 is 0 Å². The van der Waals surface area contributed by atoms with Crippen LogP contribution in [0.25, 0.3) is 0 Å². The number of amides is 2. The average molecular weight is 406 g/mol. The Labute approximate surface area is 168 Å². The summed E-state index contributed by atoms with van der Waals surface area (Å²) in [6.07, 6.45) is 1.13. The van der Waals surface area contributed by atoms with Gasteiger partial charge in [0, 0.05) is 23.4 Å². The van der Waals surface area contributed by atoms with Crippen molar-refractivity contribution in [3.8, 4) is 0 Å². The molecule has 29 heavy (non-hydrogen) atoms. The summed E-state index contributed by atoms with van der Waals surface area (Å²) in [5, 5.41) is 5.21. The van der Waals surface area contributed by atoms with Crippen LogP contribution in [0.1, 0.15) is 61.4 Å². The van der Waals surface area contributed by atoms with Gasteiger partial charge < -0.3 is 10.6 Å². The lowest BCUT2D eigenvalue weighted by Gasteiger charge is -2.11. The van der Waals surface area contributed by atoms with Crippen molar-refractivity contribution in [1.29, 1.82) is 0 Å². The lowest BCUT2D eigenvalue weighted by atomic mass is 10.1. The predicted octanol–water partition coefficient (Wildman–Crippen LogP) is 6.26. The summed E-state index contributed by atoms with van der Waals surface area (Å²) >= 11 is 0. The smallest absolute Gasteiger partial charge is 0.326 e. The van der Waals surface area contributed by atoms with Crippen LogP contribution in [0.5, 0.6) is 0 Å². The van der Waals surface area contributed by atoms with Gasteiger partial charge in [0.25, 0.3) is 5.91 Å². The maximum atomic E-state index is 12.8. The van der Waals surface area contributed by atoms with E-state index in [1.54, 1.807) is 12.1 Å². The number of rotatable bonds is 9. The highest BCUT2D eigenvalue weighted by molar-refractivity contribution is 6.05. The molecule has 0 aliphatic heterocycles. The largest absolute Gasteiger partial charge is 0.416 e. The van der Waals surface area contributed by atoms with Crippen molar-refractivity contribution in [2.45, 2.75) is 51.6 Å². The van der Waals surface area contributed by atoms with Crippen LogP contribution >= 0.6 is 0 Å². The van der Waals surface area contributed by atoms with E-state index in [2.05, 4.69) is 17.6 Å². The van der Waals surface area contributed by atoms with E-state index in [4.69, 9.17) is 0 Å². The van der Waals surface area contributed by atoms with Gasteiger partial charge in [0.2, 0.25) is 5.91 Å². The lowest BCUT2D eigenvalue weighted by molar-refractivity contribution is -0.137. The zero-order chi connectivity index (χ0) is 21.3. The van der Waals surface area contributed by atoms with E-state index in [1.807, 2.05) is 0 Å². The van der Waals surface area contributed by atoms with Gasteiger partial charge in [-0.3, -0.25) is 9.59 Å². The molecule has 156 valence electrons. The number of carbonyl (C=O) groups is 2. The molecule has 4 nitrogen and oxygen atoms in total.